The van der Waals surface area contributed by atoms with E-state index < -0.39 is 0 Å². The summed E-state index contributed by atoms with van der Waals surface area (Å²) in [5.41, 5.74) is 5.42. The smallest absolute Gasteiger partial charge is 0.0477 e. The van der Waals surface area contributed by atoms with E-state index in [2.05, 4.69) is 54.4 Å². The van der Waals surface area contributed by atoms with Crippen molar-refractivity contribution in [3.63, 3.8) is 0 Å². The highest BCUT2D eigenvalue weighted by Crippen LogP contribution is 2.41. The second-order valence-corrected chi connectivity index (χ2v) is 6.98. The molecule has 0 atom stereocenters. The summed E-state index contributed by atoms with van der Waals surface area (Å²) < 4.78 is 2.82. The van der Waals surface area contributed by atoms with Gasteiger partial charge in [-0.2, -0.15) is 0 Å². The monoisotopic (exact) mass is 289 g/mol. The number of rotatable bonds is 0. The molecular weight excluding hydrogens is 274 g/mol. The van der Waals surface area contributed by atoms with Crippen LogP contribution in [0.25, 0.3) is 37.2 Å². The molecule has 0 bridgehead atoms. The van der Waals surface area contributed by atoms with Gasteiger partial charge in [0.2, 0.25) is 0 Å². The summed E-state index contributed by atoms with van der Waals surface area (Å²) >= 11 is 1.93. The molecule has 2 aromatic carbocycles. The van der Waals surface area contributed by atoms with E-state index in [1.165, 1.54) is 47.9 Å². The van der Waals surface area contributed by atoms with E-state index in [9.17, 15) is 0 Å². The molecule has 4 aromatic rings. The molecule has 5 rings (SSSR count). The van der Waals surface area contributed by atoms with Crippen molar-refractivity contribution in [1.82, 2.24) is 4.98 Å². The average Bonchev–Trinajstić information content (AvgIpc) is 3.03. The van der Waals surface area contributed by atoms with Gasteiger partial charge in [0.1, 0.15) is 0 Å². The Hall–Kier alpha value is -2.06. The fourth-order valence-corrected chi connectivity index (χ4v) is 4.87. The highest BCUT2D eigenvalue weighted by atomic mass is 32.1. The molecule has 2 heterocycles. The minimum Gasteiger partial charge on any atom is -0.358 e. The van der Waals surface area contributed by atoms with Gasteiger partial charge in [0.25, 0.3) is 0 Å². The van der Waals surface area contributed by atoms with Crippen LogP contribution in [0, 0.1) is 6.92 Å². The summed E-state index contributed by atoms with van der Waals surface area (Å²) in [6.07, 6.45) is 6.87. The quantitative estimate of drug-likeness (QED) is 0.421. The van der Waals surface area contributed by atoms with Gasteiger partial charge in [-0.25, -0.2) is 0 Å². The molecule has 1 aliphatic rings. The number of aromatic amines is 1. The van der Waals surface area contributed by atoms with Crippen LogP contribution in [-0.4, -0.2) is 4.98 Å². The molecule has 102 valence electrons. The Kier molecular flexibility index (Phi) is 2.20. The van der Waals surface area contributed by atoms with Gasteiger partial charge in [0.05, 0.1) is 0 Å². The fourth-order valence-electron chi connectivity index (χ4n) is 3.51. The maximum Gasteiger partial charge on any atom is 0.0477 e. The molecule has 0 radical (unpaired) electrons. The number of aryl methyl sites for hydroxylation is 2. The summed E-state index contributed by atoms with van der Waals surface area (Å²) in [7, 11) is 0. The van der Waals surface area contributed by atoms with Gasteiger partial charge >= 0.3 is 0 Å². The zero-order valence-electron chi connectivity index (χ0n) is 11.9. The number of H-pyrrole nitrogens is 1. The van der Waals surface area contributed by atoms with E-state index >= 15 is 0 Å². The Labute approximate surface area is 126 Å². The number of nitrogens with one attached hydrogen (secondary N) is 1. The first-order chi connectivity index (χ1) is 10.3. The van der Waals surface area contributed by atoms with Gasteiger partial charge in [-0.15, -0.1) is 11.3 Å². The van der Waals surface area contributed by atoms with Crippen LogP contribution >= 0.6 is 11.3 Å². The Balaban J connectivity index is 2.02. The zero-order valence-corrected chi connectivity index (χ0v) is 12.7. The Morgan fingerprint density at radius 2 is 2.00 bits per heavy atom. The van der Waals surface area contributed by atoms with Crippen LogP contribution in [0.2, 0.25) is 0 Å². The second-order valence-electron chi connectivity index (χ2n) is 5.92. The van der Waals surface area contributed by atoms with Crippen molar-refractivity contribution in [2.24, 2.45) is 0 Å². The van der Waals surface area contributed by atoms with Crippen molar-refractivity contribution in [2.75, 3.05) is 0 Å². The SMILES string of the molecule is Cc1ccc2c(c1)sc1c2ccc2[nH]c3c(c21)C=CCC3. The minimum absolute atomic E-state index is 1.13. The highest BCUT2D eigenvalue weighted by Gasteiger charge is 2.16. The second kappa shape index (κ2) is 3.99. The van der Waals surface area contributed by atoms with Gasteiger partial charge in [0.15, 0.2) is 0 Å². The molecule has 1 aliphatic carbocycles. The number of allylic oxidation sites excluding steroid dienone is 1. The third kappa shape index (κ3) is 1.51. The number of fused-ring (bicyclic) bond motifs is 7. The van der Waals surface area contributed by atoms with E-state index in [0.29, 0.717) is 0 Å². The van der Waals surface area contributed by atoms with E-state index in [-0.39, 0.29) is 0 Å². The van der Waals surface area contributed by atoms with Crippen LogP contribution in [-0.2, 0) is 6.42 Å². The molecule has 0 saturated heterocycles. The van der Waals surface area contributed by atoms with E-state index in [1.54, 1.807) is 0 Å². The first kappa shape index (κ1) is 11.6. The number of hydrogen-bond donors (Lipinski definition) is 1. The average molecular weight is 289 g/mol. The number of benzene rings is 2. The fraction of sp³-hybridized carbons (Fsp3) is 0.158. The molecular formula is C19H15NS. The summed E-state index contributed by atoms with van der Waals surface area (Å²) in [5.74, 6) is 0. The summed E-state index contributed by atoms with van der Waals surface area (Å²) in [6, 6.07) is 11.3. The largest absolute Gasteiger partial charge is 0.358 e. The van der Waals surface area contributed by atoms with Crippen molar-refractivity contribution < 1.29 is 0 Å². The lowest BCUT2D eigenvalue weighted by atomic mass is 10.0. The molecule has 0 fully saturated rings. The van der Waals surface area contributed by atoms with E-state index in [1.807, 2.05) is 11.3 Å². The van der Waals surface area contributed by atoms with Crippen LogP contribution in [0.5, 0.6) is 0 Å². The molecule has 0 unspecified atom stereocenters. The zero-order chi connectivity index (χ0) is 14.0. The van der Waals surface area contributed by atoms with Gasteiger partial charge in [-0.05, 0) is 37.5 Å². The first-order valence-corrected chi connectivity index (χ1v) is 8.26. The lowest BCUT2D eigenvalue weighted by Gasteiger charge is -2.03. The van der Waals surface area contributed by atoms with Crippen LogP contribution in [0.1, 0.15) is 23.2 Å². The topological polar surface area (TPSA) is 15.8 Å². The van der Waals surface area contributed by atoms with Crippen molar-refractivity contribution in [1.29, 1.82) is 0 Å². The van der Waals surface area contributed by atoms with Crippen molar-refractivity contribution in [2.45, 2.75) is 19.8 Å². The van der Waals surface area contributed by atoms with E-state index in [4.69, 9.17) is 0 Å². The number of aromatic nitrogens is 1. The van der Waals surface area contributed by atoms with Crippen LogP contribution in [0.4, 0.5) is 0 Å². The predicted octanol–water partition coefficient (Wildman–Crippen LogP) is 5.80. The third-order valence-corrected chi connectivity index (χ3v) is 5.71. The highest BCUT2D eigenvalue weighted by molar-refractivity contribution is 7.26. The van der Waals surface area contributed by atoms with E-state index in [0.717, 1.165) is 12.8 Å². The maximum absolute atomic E-state index is 3.62. The Morgan fingerprint density at radius 3 is 2.95 bits per heavy atom. The van der Waals surface area contributed by atoms with Crippen LogP contribution in [0.15, 0.2) is 36.4 Å². The van der Waals surface area contributed by atoms with Crippen molar-refractivity contribution in [3.05, 3.63) is 53.2 Å². The molecule has 0 aliphatic heterocycles. The lowest BCUT2D eigenvalue weighted by molar-refractivity contribution is 0.951. The summed E-state index contributed by atoms with van der Waals surface area (Å²) in [4.78, 5) is 3.62. The van der Waals surface area contributed by atoms with Crippen molar-refractivity contribution >= 4 is 48.5 Å². The molecule has 0 spiro atoms. The van der Waals surface area contributed by atoms with Gasteiger partial charge in [-0.3, -0.25) is 0 Å². The van der Waals surface area contributed by atoms with Gasteiger partial charge < -0.3 is 4.98 Å². The van der Waals surface area contributed by atoms with Crippen LogP contribution < -0.4 is 0 Å². The maximum atomic E-state index is 3.62. The molecule has 2 heteroatoms. The normalized spacial score (nSPS) is 14.3. The lowest BCUT2D eigenvalue weighted by Crippen LogP contribution is -1.90. The third-order valence-electron chi connectivity index (χ3n) is 4.52. The van der Waals surface area contributed by atoms with Gasteiger partial charge in [-0.1, -0.05) is 30.4 Å². The molecule has 0 amide bonds. The molecule has 2 aromatic heterocycles. The summed E-state index contributed by atoms with van der Waals surface area (Å²) in [6.45, 7) is 2.17. The Bertz CT molecular complexity index is 1050. The number of hydrogen-bond acceptors (Lipinski definition) is 1. The first-order valence-electron chi connectivity index (χ1n) is 7.44. The minimum atomic E-state index is 1.13. The molecule has 21 heavy (non-hydrogen) atoms. The summed E-state index contributed by atoms with van der Waals surface area (Å²) in [5, 5.41) is 4.19. The number of thiophene rings is 1. The predicted molar refractivity (Wildman–Crippen MR) is 93.3 cm³/mol. The Morgan fingerprint density at radius 1 is 1.10 bits per heavy atom. The molecule has 1 nitrogen and oxygen atoms in total. The molecule has 1 N–H and O–H groups in total. The standard InChI is InChI=1S/C19H15NS/c1-11-6-7-12-13-8-9-16-18(19(13)21-17(12)10-11)14-4-2-3-5-15(14)20-16/h2,4,6-10,20H,3,5H2,1H3. The van der Waals surface area contributed by atoms with Crippen molar-refractivity contribution in [3.8, 4) is 0 Å². The van der Waals surface area contributed by atoms with Crippen LogP contribution in [0.3, 0.4) is 0 Å². The molecule has 0 saturated carbocycles. The van der Waals surface area contributed by atoms with Gasteiger partial charge in [0, 0.05) is 42.3 Å².